The van der Waals surface area contributed by atoms with E-state index in [4.69, 9.17) is 14.2 Å². The molecule has 0 fully saturated rings. The molecule has 0 saturated heterocycles. The van der Waals surface area contributed by atoms with Gasteiger partial charge in [0.15, 0.2) is 0 Å². The monoisotopic (exact) mass is 425 g/mol. The van der Waals surface area contributed by atoms with Gasteiger partial charge in [-0.25, -0.2) is 0 Å². The number of nitrogens with one attached hydrogen (secondary N) is 1. The molecular formula is C28H27NO3. The molecule has 0 bridgehead atoms. The van der Waals surface area contributed by atoms with Gasteiger partial charge in [-0.1, -0.05) is 54.6 Å². The number of methoxy groups -OCH3 is 1. The van der Waals surface area contributed by atoms with Crippen molar-refractivity contribution in [1.82, 2.24) is 0 Å². The first-order valence-electron chi connectivity index (χ1n) is 10.6. The van der Waals surface area contributed by atoms with Crippen molar-refractivity contribution in [1.29, 1.82) is 0 Å². The highest BCUT2D eigenvalue weighted by Crippen LogP contribution is 2.20. The van der Waals surface area contributed by atoms with Gasteiger partial charge in [-0.2, -0.15) is 0 Å². The van der Waals surface area contributed by atoms with E-state index in [2.05, 4.69) is 53.8 Å². The zero-order valence-electron chi connectivity index (χ0n) is 18.2. The Labute approximate surface area is 189 Å². The maximum absolute atomic E-state index is 5.91. The Hall–Kier alpha value is -3.92. The first-order valence-corrected chi connectivity index (χ1v) is 10.6. The van der Waals surface area contributed by atoms with Crippen LogP contribution >= 0.6 is 0 Å². The molecule has 4 nitrogen and oxygen atoms in total. The summed E-state index contributed by atoms with van der Waals surface area (Å²) >= 11 is 0. The lowest BCUT2D eigenvalue weighted by Crippen LogP contribution is -2.00. The molecule has 4 rings (SSSR count). The van der Waals surface area contributed by atoms with Crippen LogP contribution in [0.5, 0.6) is 17.2 Å². The Bertz CT molecular complexity index is 1080. The minimum absolute atomic E-state index is 0.517. The van der Waals surface area contributed by atoms with E-state index in [0.29, 0.717) is 13.2 Å². The molecule has 0 aromatic heterocycles. The van der Waals surface area contributed by atoms with Gasteiger partial charge in [0, 0.05) is 12.2 Å². The number of hydrogen-bond donors (Lipinski definition) is 1. The zero-order valence-corrected chi connectivity index (χ0v) is 18.2. The van der Waals surface area contributed by atoms with E-state index in [1.54, 1.807) is 7.11 Å². The van der Waals surface area contributed by atoms with Crippen molar-refractivity contribution in [3.05, 3.63) is 120 Å². The van der Waals surface area contributed by atoms with Gasteiger partial charge < -0.3 is 19.5 Å². The van der Waals surface area contributed by atoms with Crippen molar-refractivity contribution >= 4 is 5.69 Å². The van der Waals surface area contributed by atoms with E-state index in [9.17, 15) is 0 Å². The van der Waals surface area contributed by atoms with E-state index in [0.717, 1.165) is 40.6 Å². The Morgan fingerprint density at radius 3 is 1.59 bits per heavy atom. The molecule has 0 heterocycles. The fraction of sp³-hybridized carbons (Fsp3) is 0.143. The first-order chi connectivity index (χ1) is 15.8. The predicted octanol–water partition coefficient (Wildman–Crippen LogP) is 6.47. The van der Waals surface area contributed by atoms with E-state index < -0.39 is 0 Å². The normalized spacial score (nSPS) is 10.4. The summed E-state index contributed by atoms with van der Waals surface area (Å²) in [7, 11) is 1.68. The largest absolute Gasteiger partial charge is 0.497 e. The number of benzene rings is 4. The highest BCUT2D eigenvalue weighted by Gasteiger charge is 2.01. The number of ether oxygens (including phenoxy) is 3. The molecule has 0 unspecified atom stereocenters. The maximum Gasteiger partial charge on any atom is 0.120 e. The lowest BCUT2D eigenvalue weighted by atomic mass is 10.2. The first kappa shape index (κ1) is 21.3. The summed E-state index contributed by atoms with van der Waals surface area (Å²) < 4.78 is 16.9. The molecule has 162 valence electrons. The molecule has 4 aromatic carbocycles. The molecule has 4 heteroatoms. The zero-order chi connectivity index (χ0) is 22.0. The van der Waals surface area contributed by atoms with Gasteiger partial charge in [-0.05, 0) is 65.2 Å². The Morgan fingerprint density at radius 1 is 0.531 bits per heavy atom. The molecule has 0 amide bonds. The van der Waals surface area contributed by atoms with Crippen LogP contribution in [0.15, 0.2) is 103 Å². The van der Waals surface area contributed by atoms with Gasteiger partial charge in [-0.3, -0.25) is 0 Å². The van der Waals surface area contributed by atoms with Gasteiger partial charge in [0.1, 0.15) is 30.5 Å². The molecule has 1 N–H and O–H groups in total. The van der Waals surface area contributed by atoms with Crippen LogP contribution in [0, 0.1) is 0 Å². The van der Waals surface area contributed by atoms with Crippen molar-refractivity contribution in [2.45, 2.75) is 19.8 Å². The van der Waals surface area contributed by atoms with Crippen LogP contribution in [-0.2, 0) is 19.8 Å². The maximum atomic E-state index is 5.91. The molecule has 4 aromatic rings. The summed E-state index contributed by atoms with van der Waals surface area (Å²) in [5, 5.41) is 3.43. The summed E-state index contributed by atoms with van der Waals surface area (Å²) in [6.45, 7) is 1.83. The third-order valence-electron chi connectivity index (χ3n) is 5.09. The highest BCUT2D eigenvalue weighted by atomic mass is 16.5. The van der Waals surface area contributed by atoms with Crippen molar-refractivity contribution in [3.8, 4) is 17.2 Å². The Balaban J connectivity index is 1.22. The van der Waals surface area contributed by atoms with E-state index in [-0.39, 0.29) is 0 Å². The van der Waals surface area contributed by atoms with E-state index in [1.807, 2.05) is 54.6 Å². The van der Waals surface area contributed by atoms with Crippen molar-refractivity contribution < 1.29 is 14.2 Å². The van der Waals surface area contributed by atoms with Crippen molar-refractivity contribution in [2.24, 2.45) is 0 Å². The summed E-state index contributed by atoms with van der Waals surface area (Å²) in [6, 6.07) is 34.2. The number of rotatable bonds is 10. The summed E-state index contributed by atoms with van der Waals surface area (Å²) in [5.41, 5.74) is 4.54. The lowest BCUT2D eigenvalue weighted by molar-refractivity contribution is 0.297. The molecule has 0 aliphatic carbocycles. The van der Waals surface area contributed by atoms with Crippen LogP contribution in [-0.4, -0.2) is 7.11 Å². The molecule has 0 spiro atoms. The third-order valence-corrected chi connectivity index (χ3v) is 5.09. The van der Waals surface area contributed by atoms with Crippen LogP contribution in [0.4, 0.5) is 5.69 Å². The smallest absolute Gasteiger partial charge is 0.120 e. The van der Waals surface area contributed by atoms with Gasteiger partial charge in [0.05, 0.1) is 7.11 Å². The Morgan fingerprint density at radius 2 is 1.03 bits per heavy atom. The lowest BCUT2D eigenvalue weighted by Gasteiger charge is -2.10. The van der Waals surface area contributed by atoms with Crippen molar-refractivity contribution in [3.63, 3.8) is 0 Å². The van der Waals surface area contributed by atoms with Gasteiger partial charge >= 0.3 is 0 Å². The van der Waals surface area contributed by atoms with E-state index >= 15 is 0 Å². The molecular weight excluding hydrogens is 398 g/mol. The Kier molecular flexibility index (Phi) is 7.27. The number of hydrogen-bond acceptors (Lipinski definition) is 4. The summed E-state index contributed by atoms with van der Waals surface area (Å²) in [4.78, 5) is 0. The van der Waals surface area contributed by atoms with Gasteiger partial charge in [0.2, 0.25) is 0 Å². The molecule has 32 heavy (non-hydrogen) atoms. The van der Waals surface area contributed by atoms with Crippen LogP contribution in [0.2, 0.25) is 0 Å². The topological polar surface area (TPSA) is 39.7 Å². The van der Waals surface area contributed by atoms with Crippen LogP contribution < -0.4 is 19.5 Å². The molecule has 0 aliphatic rings. The standard InChI is InChI=1S/C28H27NO3/c1-30-26-13-9-22(10-14-26)19-29-25-11-7-24(8-12-25)21-32-28-17-15-27(16-18-28)31-20-23-5-3-2-4-6-23/h2-18,29H,19-21H2,1H3. The quantitative estimate of drug-likeness (QED) is 0.316. The van der Waals surface area contributed by atoms with Crippen LogP contribution in [0.1, 0.15) is 16.7 Å². The molecule has 0 radical (unpaired) electrons. The van der Waals surface area contributed by atoms with Crippen LogP contribution in [0.3, 0.4) is 0 Å². The molecule has 0 saturated carbocycles. The highest BCUT2D eigenvalue weighted by molar-refractivity contribution is 5.45. The SMILES string of the molecule is COc1ccc(CNc2ccc(COc3ccc(OCc4ccccc4)cc3)cc2)cc1. The average molecular weight is 426 g/mol. The minimum Gasteiger partial charge on any atom is -0.497 e. The van der Waals surface area contributed by atoms with Crippen molar-refractivity contribution in [2.75, 3.05) is 12.4 Å². The second kappa shape index (κ2) is 10.9. The summed E-state index contributed by atoms with van der Waals surface area (Å²) in [6.07, 6.45) is 0. The number of anilines is 1. The molecule has 0 aliphatic heterocycles. The van der Waals surface area contributed by atoms with E-state index in [1.165, 1.54) is 5.56 Å². The fourth-order valence-electron chi connectivity index (χ4n) is 3.21. The van der Waals surface area contributed by atoms with Gasteiger partial charge in [-0.15, -0.1) is 0 Å². The average Bonchev–Trinajstić information content (AvgIpc) is 2.87. The van der Waals surface area contributed by atoms with Gasteiger partial charge in [0.25, 0.3) is 0 Å². The second-order valence-corrected chi connectivity index (χ2v) is 7.43. The second-order valence-electron chi connectivity index (χ2n) is 7.43. The van der Waals surface area contributed by atoms with Crippen LogP contribution in [0.25, 0.3) is 0 Å². The molecule has 0 atom stereocenters. The predicted molar refractivity (Wildman–Crippen MR) is 128 cm³/mol. The summed E-state index contributed by atoms with van der Waals surface area (Å²) in [5.74, 6) is 2.51. The fourth-order valence-corrected chi connectivity index (χ4v) is 3.21. The third kappa shape index (κ3) is 6.29. The minimum atomic E-state index is 0.517.